The van der Waals surface area contributed by atoms with Gasteiger partial charge in [0.2, 0.25) is 5.91 Å². The van der Waals surface area contributed by atoms with Crippen molar-refractivity contribution in [2.75, 3.05) is 32.1 Å². The second-order valence-electron chi connectivity index (χ2n) is 6.78. The van der Waals surface area contributed by atoms with Crippen LogP contribution in [-0.2, 0) is 9.59 Å². The second kappa shape index (κ2) is 9.60. The number of piperidine rings is 1. The standard InChI is InChI=1S/C22H23N3O4/c1-28-19-7-2-3-8-20(19)29-15-21(26)25-11-9-17(10-12-25)22(27)24-18-6-4-5-16(13-18)14-23/h2-8,13,17H,9-12,15H2,1H3,(H,24,27). The Morgan fingerprint density at radius 2 is 1.86 bits per heavy atom. The highest BCUT2D eigenvalue weighted by atomic mass is 16.5. The van der Waals surface area contributed by atoms with E-state index in [4.69, 9.17) is 14.7 Å². The number of rotatable bonds is 6. The van der Waals surface area contributed by atoms with E-state index in [1.165, 1.54) is 0 Å². The van der Waals surface area contributed by atoms with Gasteiger partial charge in [0.25, 0.3) is 5.91 Å². The summed E-state index contributed by atoms with van der Waals surface area (Å²) in [5.74, 6) is 0.738. The Balaban J connectivity index is 1.47. The van der Waals surface area contributed by atoms with Gasteiger partial charge in [-0.15, -0.1) is 0 Å². The van der Waals surface area contributed by atoms with Crippen LogP contribution >= 0.6 is 0 Å². The van der Waals surface area contributed by atoms with E-state index >= 15 is 0 Å². The summed E-state index contributed by atoms with van der Waals surface area (Å²) < 4.78 is 10.8. The molecule has 0 radical (unpaired) electrons. The molecular formula is C22H23N3O4. The topological polar surface area (TPSA) is 91.7 Å². The Hall–Kier alpha value is -3.53. The molecule has 1 saturated heterocycles. The number of nitriles is 1. The molecule has 150 valence electrons. The zero-order valence-electron chi connectivity index (χ0n) is 16.3. The Morgan fingerprint density at radius 3 is 2.55 bits per heavy atom. The average Bonchev–Trinajstić information content (AvgIpc) is 2.77. The van der Waals surface area contributed by atoms with Gasteiger partial charge in [-0.2, -0.15) is 5.26 Å². The maximum absolute atomic E-state index is 12.5. The molecule has 0 unspecified atom stereocenters. The molecule has 1 N–H and O–H groups in total. The largest absolute Gasteiger partial charge is 0.493 e. The number of ether oxygens (including phenoxy) is 2. The van der Waals surface area contributed by atoms with E-state index in [0.29, 0.717) is 48.7 Å². The highest BCUT2D eigenvalue weighted by Crippen LogP contribution is 2.26. The maximum Gasteiger partial charge on any atom is 0.260 e. The maximum atomic E-state index is 12.5. The fourth-order valence-electron chi connectivity index (χ4n) is 3.27. The summed E-state index contributed by atoms with van der Waals surface area (Å²) in [5.41, 5.74) is 1.11. The molecule has 0 bridgehead atoms. The number of amides is 2. The van der Waals surface area contributed by atoms with Crippen molar-refractivity contribution in [3.05, 3.63) is 54.1 Å². The SMILES string of the molecule is COc1ccccc1OCC(=O)N1CCC(C(=O)Nc2cccc(C#N)c2)CC1. The Bertz CT molecular complexity index is 914. The van der Waals surface area contributed by atoms with Crippen LogP contribution in [0.3, 0.4) is 0 Å². The summed E-state index contributed by atoms with van der Waals surface area (Å²) in [4.78, 5) is 26.6. The lowest BCUT2D eigenvalue weighted by Crippen LogP contribution is -2.43. The minimum absolute atomic E-state index is 0.0712. The first-order valence-electron chi connectivity index (χ1n) is 9.45. The molecule has 1 aliphatic heterocycles. The smallest absolute Gasteiger partial charge is 0.260 e. The third kappa shape index (κ3) is 5.26. The number of carbonyl (C=O) groups is 2. The van der Waals surface area contributed by atoms with Crippen molar-refractivity contribution in [3.8, 4) is 17.6 Å². The van der Waals surface area contributed by atoms with Gasteiger partial charge in [-0.1, -0.05) is 18.2 Å². The van der Waals surface area contributed by atoms with Gasteiger partial charge in [0, 0.05) is 24.7 Å². The Labute approximate surface area is 169 Å². The normalized spacial score (nSPS) is 14.0. The minimum Gasteiger partial charge on any atom is -0.493 e. The summed E-state index contributed by atoms with van der Waals surface area (Å²) in [6.07, 6.45) is 1.17. The monoisotopic (exact) mass is 393 g/mol. The van der Waals surface area contributed by atoms with Gasteiger partial charge >= 0.3 is 0 Å². The lowest BCUT2D eigenvalue weighted by Gasteiger charge is -2.31. The second-order valence-corrected chi connectivity index (χ2v) is 6.78. The van der Waals surface area contributed by atoms with Crippen LogP contribution in [-0.4, -0.2) is 43.5 Å². The fourth-order valence-corrected chi connectivity index (χ4v) is 3.27. The zero-order valence-corrected chi connectivity index (χ0v) is 16.3. The molecule has 1 aliphatic rings. The summed E-state index contributed by atoms with van der Waals surface area (Å²) in [5, 5.41) is 11.8. The van der Waals surface area contributed by atoms with Gasteiger partial charge < -0.3 is 19.7 Å². The molecule has 1 fully saturated rings. The van der Waals surface area contributed by atoms with Crippen molar-refractivity contribution < 1.29 is 19.1 Å². The van der Waals surface area contributed by atoms with Crippen LogP contribution in [0.15, 0.2) is 48.5 Å². The van der Waals surface area contributed by atoms with Gasteiger partial charge in [0.05, 0.1) is 18.7 Å². The molecule has 2 aromatic rings. The van der Waals surface area contributed by atoms with Crippen molar-refractivity contribution >= 4 is 17.5 Å². The van der Waals surface area contributed by atoms with Crippen LogP contribution in [0, 0.1) is 17.2 Å². The van der Waals surface area contributed by atoms with Crippen LogP contribution in [0.5, 0.6) is 11.5 Å². The third-order valence-corrected chi connectivity index (χ3v) is 4.90. The number of carbonyl (C=O) groups excluding carboxylic acids is 2. The number of hydrogen-bond donors (Lipinski definition) is 1. The minimum atomic E-state index is -0.167. The molecule has 0 saturated carbocycles. The van der Waals surface area contributed by atoms with E-state index in [-0.39, 0.29) is 24.3 Å². The number of methoxy groups -OCH3 is 1. The molecule has 7 nitrogen and oxygen atoms in total. The van der Waals surface area contributed by atoms with E-state index in [9.17, 15) is 9.59 Å². The molecule has 3 rings (SSSR count). The van der Waals surface area contributed by atoms with Crippen molar-refractivity contribution in [3.63, 3.8) is 0 Å². The van der Waals surface area contributed by atoms with E-state index < -0.39 is 0 Å². The summed E-state index contributed by atoms with van der Waals surface area (Å²) in [6.45, 7) is 0.938. The quantitative estimate of drug-likeness (QED) is 0.815. The molecule has 29 heavy (non-hydrogen) atoms. The molecule has 0 aliphatic carbocycles. The van der Waals surface area contributed by atoms with Crippen LogP contribution in [0.2, 0.25) is 0 Å². The van der Waals surface area contributed by atoms with Gasteiger partial charge in [-0.25, -0.2) is 0 Å². The molecule has 2 aromatic carbocycles. The number of benzene rings is 2. The van der Waals surface area contributed by atoms with Crippen LogP contribution in [0.4, 0.5) is 5.69 Å². The van der Waals surface area contributed by atoms with Crippen LogP contribution in [0.25, 0.3) is 0 Å². The zero-order chi connectivity index (χ0) is 20.6. The van der Waals surface area contributed by atoms with Crippen LogP contribution < -0.4 is 14.8 Å². The predicted octanol–water partition coefficient (Wildman–Crippen LogP) is 2.82. The van der Waals surface area contributed by atoms with Crippen molar-refractivity contribution in [2.24, 2.45) is 5.92 Å². The lowest BCUT2D eigenvalue weighted by atomic mass is 9.95. The summed E-state index contributed by atoms with van der Waals surface area (Å²) >= 11 is 0. The third-order valence-electron chi connectivity index (χ3n) is 4.90. The first kappa shape index (κ1) is 20.2. The van der Waals surface area contributed by atoms with Gasteiger partial charge in [-0.05, 0) is 43.2 Å². The molecule has 0 spiro atoms. The van der Waals surface area contributed by atoms with Crippen molar-refractivity contribution in [2.45, 2.75) is 12.8 Å². The van der Waals surface area contributed by atoms with E-state index in [0.717, 1.165) is 0 Å². The first-order chi connectivity index (χ1) is 14.1. The highest BCUT2D eigenvalue weighted by molar-refractivity contribution is 5.93. The summed E-state index contributed by atoms with van der Waals surface area (Å²) in [7, 11) is 1.55. The van der Waals surface area contributed by atoms with Crippen molar-refractivity contribution in [1.29, 1.82) is 5.26 Å². The van der Waals surface area contributed by atoms with Gasteiger partial charge in [-0.3, -0.25) is 9.59 Å². The highest BCUT2D eigenvalue weighted by Gasteiger charge is 2.27. The number of hydrogen-bond acceptors (Lipinski definition) is 5. The first-order valence-corrected chi connectivity index (χ1v) is 9.45. The van der Waals surface area contributed by atoms with Gasteiger partial charge in [0.15, 0.2) is 18.1 Å². The molecule has 2 amide bonds. The Kier molecular flexibility index (Phi) is 6.69. The van der Waals surface area contributed by atoms with Crippen molar-refractivity contribution in [1.82, 2.24) is 4.90 Å². The molecular weight excluding hydrogens is 370 g/mol. The molecule has 0 aromatic heterocycles. The molecule has 7 heteroatoms. The number of para-hydroxylation sites is 2. The van der Waals surface area contributed by atoms with E-state index in [1.807, 2.05) is 12.1 Å². The van der Waals surface area contributed by atoms with E-state index in [2.05, 4.69) is 11.4 Å². The number of nitrogens with one attached hydrogen (secondary N) is 1. The summed E-state index contributed by atoms with van der Waals surface area (Å²) in [6, 6.07) is 16.1. The number of likely N-dealkylation sites (tertiary alicyclic amines) is 1. The average molecular weight is 393 g/mol. The lowest BCUT2D eigenvalue weighted by molar-refractivity contribution is -0.136. The number of anilines is 1. The van der Waals surface area contributed by atoms with Gasteiger partial charge in [0.1, 0.15) is 0 Å². The molecule has 1 heterocycles. The van der Waals surface area contributed by atoms with Crippen LogP contribution in [0.1, 0.15) is 18.4 Å². The predicted molar refractivity (Wildman–Crippen MR) is 108 cm³/mol. The number of nitrogens with zero attached hydrogens (tertiary/aromatic N) is 2. The molecule has 0 atom stereocenters. The fraction of sp³-hybridized carbons (Fsp3) is 0.318. The Morgan fingerprint density at radius 1 is 1.14 bits per heavy atom. The van der Waals surface area contributed by atoms with E-state index in [1.54, 1.807) is 48.4 Å².